The van der Waals surface area contributed by atoms with Crippen LogP contribution >= 0.6 is 0 Å². The van der Waals surface area contributed by atoms with Gasteiger partial charge in [-0.05, 0) is 19.3 Å². The summed E-state index contributed by atoms with van der Waals surface area (Å²) in [6.07, 6.45) is 6.88. The molecule has 1 rings (SSSR count). The molecule has 1 aliphatic rings. The molecule has 84 valence electrons. The topological polar surface area (TPSA) is 58.6 Å². The highest BCUT2D eigenvalue weighted by Crippen LogP contribution is 2.19. The van der Waals surface area contributed by atoms with Gasteiger partial charge in [-0.1, -0.05) is 12.8 Å². The summed E-state index contributed by atoms with van der Waals surface area (Å²) in [5.41, 5.74) is 0. The Bertz CT molecular complexity index is 259. The Morgan fingerprint density at radius 3 is 2.93 bits per heavy atom. The molecule has 3 unspecified atom stereocenters. The predicted molar refractivity (Wildman–Crippen MR) is 56.4 cm³/mol. The number of nitrogens with one attached hydrogen (secondary N) is 1. The smallest absolute Gasteiger partial charge is 0.332 e. The minimum atomic E-state index is -0.874. The van der Waals surface area contributed by atoms with Gasteiger partial charge in [-0.25, -0.2) is 4.79 Å². The second kappa shape index (κ2) is 5.74. The van der Waals surface area contributed by atoms with Crippen LogP contribution in [0.15, 0.2) is 0 Å². The highest BCUT2D eigenvalue weighted by molar-refractivity contribution is 5.72. The van der Waals surface area contributed by atoms with Gasteiger partial charge in [-0.2, -0.15) is 0 Å². The van der Waals surface area contributed by atoms with Crippen LogP contribution in [-0.2, 0) is 9.53 Å². The lowest BCUT2D eigenvalue weighted by atomic mass is 10.2. The first-order chi connectivity index (χ1) is 7.17. The zero-order chi connectivity index (χ0) is 11.3. The van der Waals surface area contributed by atoms with E-state index in [1.54, 1.807) is 0 Å². The highest BCUT2D eigenvalue weighted by atomic mass is 16.5. The first-order valence-electron chi connectivity index (χ1n) is 5.25. The number of ether oxygens (including phenoxy) is 1. The van der Waals surface area contributed by atoms with Gasteiger partial charge in [0, 0.05) is 6.54 Å². The number of carbonyl (C=O) groups is 1. The summed E-state index contributed by atoms with van der Waals surface area (Å²) in [4.78, 5) is 10.6. The lowest BCUT2D eigenvalue weighted by molar-refractivity contribution is -0.149. The molecule has 0 aromatic carbocycles. The van der Waals surface area contributed by atoms with E-state index in [4.69, 9.17) is 16.3 Å². The van der Waals surface area contributed by atoms with Gasteiger partial charge in [-0.15, -0.1) is 6.42 Å². The van der Waals surface area contributed by atoms with Gasteiger partial charge in [0.15, 0.2) is 6.10 Å². The predicted octanol–water partition coefficient (Wildman–Crippen LogP) is 0.620. The van der Waals surface area contributed by atoms with Gasteiger partial charge in [-0.3, -0.25) is 0 Å². The summed E-state index contributed by atoms with van der Waals surface area (Å²) in [5.74, 6) is 1.75. The Balaban J connectivity index is 2.25. The van der Waals surface area contributed by atoms with Crippen molar-refractivity contribution in [1.29, 1.82) is 0 Å². The van der Waals surface area contributed by atoms with E-state index in [-0.39, 0.29) is 12.1 Å². The van der Waals surface area contributed by atoms with Gasteiger partial charge in [0.05, 0.1) is 12.1 Å². The van der Waals surface area contributed by atoms with Crippen molar-refractivity contribution >= 4 is 5.97 Å². The Labute approximate surface area is 90.0 Å². The molecule has 0 radical (unpaired) electrons. The molecule has 1 heterocycles. The lowest BCUT2D eigenvalue weighted by Gasteiger charge is -2.15. The molecule has 0 aromatic rings. The van der Waals surface area contributed by atoms with Crippen molar-refractivity contribution in [3.8, 4) is 12.3 Å². The number of hydrogen-bond acceptors (Lipinski definition) is 3. The quantitative estimate of drug-likeness (QED) is 0.654. The minimum absolute atomic E-state index is 0.0199. The second-order valence-corrected chi connectivity index (χ2v) is 3.70. The Kier molecular flexibility index (Phi) is 4.60. The van der Waals surface area contributed by atoms with E-state index in [2.05, 4.69) is 11.2 Å². The largest absolute Gasteiger partial charge is 0.479 e. The maximum Gasteiger partial charge on any atom is 0.332 e. The van der Waals surface area contributed by atoms with Crippen LogP contribution in [0.3, 0.4) is 0 Å². The first-order valence-corrected chi connectivity index (χ1v) is 5.25. The number of carboxylic acid groups (broad SMARTS) is 1. The summed E-state index contributed by atoms with van der Waals surface area (Å²) < 4.78 is 5.33. The fraction of sp³-hybridized carbons (Fsp3) is 0.727. The fourth-order valence-corrected chi connectivity index (χ4v) is 1.63. The van der Waals surface area contributed by atoms with Gasteiger partial charge in [0.1, 0.15) is 0 Å². The Hall–Kier alpha value is -1.05. The summed E-state index contributed by atoms with van der Waals surface area (Å²) in [6, 6.07) is 0.0532. The van der Waals surface area contributed by atoms with Crippen molar-refractivity contribution in [3.63, 3.8) is 0 Å². The lowest BCUT2D eigenvalue weighted by Crippen LogP contribution is -2.35. The molecule has 1 aliphatic heterocycles. The molecule has 1 fully saturated rings. The zero-order valence-electron chi connectivity index (χ0n) is 8.90. The number of terminal acetylenes is 1. The Morgan fingerprint density at radius 1 is 1.73 bits per heavy atom. The molecular weight excluding hydrogens is 194 g/mol. The molecule has 0 aliphatic carbocycles. The molecule has 4 heteroatoms. The number of hydrogen-bond donors (Lipinski definition) is 2. The molecule has 0 spiro atoms. The van der Waals surface area contributed by atoms with Crippen molar-refractivity contribution in [2.45, 2.75) is 44.4 Å². The van der Waals surface area contributed by atoms with Gasteiger partial charge in [0.25, 0.3) is 0 Å². The number of carboxylic acids is 1. The van der Waals surface area contributed by atoms with Crippen LogP contribution in [0.1, 0.15) is 26.2 Å². The number of aliphatic carboxylic acids is 1. The van der Waals surface area contributed by atoms with Gasteiger partial charge >= 0.3 is 5.97 Å². The fourth-order valence-electron chi connectivity index (χ4n) is 1.63. The van der Waals surface area contributed by atoms with Crippen molar-refractivity contribution in [2.24, 2.45) is 0 Å². The average molecular weight is 211 g/mol. The van der Waals surface area contributed by atoms with Crippen LogP contribution in [0.4, 0.5) is 0 Å². The van der Waals surface area contributed by atoms with Crippen LogP contribution in [0.25, 0.3) is 0 Å². The van der Waals surface area contributed by atoms with E-state index >= 15 is 0 Å². The van der Waals surface area contributed by atoms with Crippen molar-refractivity contribution in [1.82, 2.24) is 5.32 Å². The van der Waals surface area contributed by atoms with E-state index in [9.17, 15) is 4.79 Å². The van der Waals surface area contributed by atoms with Crippen molar-refractivity contribution in [3.05, 3.63) is 0 Å². The van der Waals surface area contributed by atoms with Crippen LogP contribution in [0.5, 0.6) is 0 Å². The zero-order valence-corrected chi connectivity index (χ0v) is 8.90. The summed E-state index contributed by atoms with van der Waals surface area (Å²) in [6.45, 7) is 2.64. The molecule has 0 bridgehead atoms. The van der Waals surface area contributed by atoms with Crippen molar-refractivity contribution in [2.75, 3.05) is 6.54 Å². The molecule has 0 amide bonds. The summed E-state index contributed by atoms with van der Waals surface area (Å²) in [5, 5.41) is 11.9. The normalized spacial score (nSPS) is 27.2. The van der Waals surface area contributed by atoms with E-state index in [0.29, 0.717) is 13.0 Å². The SMILES string of the molecule is C#CC(CC)NCC1CCC(C(=O)O)O1. The maximum atomic E-state index is 10.6. The second-order valence-electron chi connectivity index (χ2n) is 3.70. The molecule has 2 N–H and O–H groups in total. The third-order valence-corrected chi connectivity index (χ3v) is 2.58. The molecule has 4 nitrogen and oxygen atoms in total. The molecule has 3 atom stereocenters. The van der Waals surface area contributed by atoms with Gasteiger partial charge in [0.2, 0.25) is 0 Å². The van der Waals surface area contributed by atoms with E-state index in [1.807, 2.05) is 6.92 Å². The van der Waals surface area contributed by atoms with E-state index in [0.717, 1.165) is 12.8 Å². The monoisotopic (exact) mass is 211 g/mol. The maximum absolute atomic E-state index is 10.6. The molecular formula is C11H17NO3. The van der Waals surface area contributed by atoms with E-state index in [1.165, 1.54) is 0 Å². The minimum Gasteiger partial charge on any atom is -0.479 e. The van der Waals surface area contributed by atoms with Crippen LogP contribution in [-0.4, -0.2) is 35.9 Å². The molecule has 15 heavy (non-hydrogen) atoms. The number of rotatable bonds is 5. The Morgan fingerprint density at radius 2 is 2.47 bits per heavy atom. The van der Waals surface area contributed by atoms with E-state index < -0.39 is 12.1 Å². The van der Waals surface area contributed by atoms with Crippen LogP contribution in [0, 0.1) is 12.3 Å². The van der Waals surface area contributed by atoms with Gasteiger partial charge < -0.3 is 15.2 Å². The molecule has 0 aromatic heterocycles. The van der Waals surface area contributed by atoms with Crippen LogP contribution in [0.2, 0.25) is 0 Å². The standard InChI is InChI=1S/C11H17NO3/c1-3-8(4-2)12-7-9-5-6-10(15-9)11(13)14/h1,8-10,12H,4-7H2,2H3,(H,13,14). The first kappa shape index (κ1) is 12.0. The third kappa shape index (κ3) is 3.54. The third-order valence-electron chi connectivity index (χ3n) is 2.58. The summed E-state index contributed by atoms with van der Waals surface area (Å²) >= 11 is 0. The van der Waals surface area contributed by atoms with Crippen LogP contribution < -0.4 is 5.32 Å². The van der Waals surface area contributed by atoms with Crippen molar-refractivity contribution < 1.29 is 14.6 Å². The highest BCUT2D eigenvalue weighted by Gasteiger charge is 2.30. The summed E-state index contributed by atoms with van der Waals surface area (Å²) in [7, 11) is 0. The average Bonchev–Trinajstić information content (AvgIpc) is 2.68. The molecule has 0 saturated carbocycles. The molecule has 1 saturated heterocycles.